The number of ketones is 1. The van der Waals surface area contributed by atoms with Crippen molar-refractivity contribution < 1.29 is 9.18 Å². The van der Waals surface area contributed by atoms with E-state index in [4.69, 9.17) is 0 Å². The van der Waals surface area contributed by atoms with E-state index in [2.05, 4.69) is 31.9 Å². The molecule has 0 N–H and O–H groups in total. The van der Waals surface area contributed by atoms with E-state index < -0.39 is 5.82 Å². The van der Waals surface area contributed by atoms with Crippen LogP contribution in [-0.2, 0) is 6.42 Å². The summed E-state index contributed by atoms with van der Waals surface area (Å²) < 4.78 is 14.7. The van der Waals surface area contributed by atoms with Crippen molar-refractivity contribution in [2.24, 2.45) is 0 Å². The normalized spacial score (nSPS) is 10.4. The van der Waals surface area contributed by atoms with Crippen molar-refractivity contribution in [3.8, 4) is 0 Å². The van der Waals surface area contributed by atoms with Crippen LogP contribution in [0.1, 0.15) is 15.9 Å². The molecule has 0 aliphatic heterocycles. The Labute approximate surface area is 121 Å². The molecular formula is C14H9Br2FO. The van der Waals surface area contributed by atoms with Crippen molar-refractivity contribution in [1.82, 2.24) is 0 Å². The van der Waals surface area contributed by atoms with Crippen molar-refractivity contribution in [3.05, 3.63) is 68.4 Å². The summed E-state index contributed by atoms with van der Waals surface area (Å²) >= 11 is 6.51. The van der Waals surface area contributed by atoms with E-state index in [-0.39, 0.29) is 12.2 Å². The summed E-state index contributed by atoms with van der Waals surface area (Å²) in [4.78, 5) is 12.0. The lowest BCUT2D eigenvalue weighted by Crippen LogP contribution is -2.04. The Bertz CT molecular complexity index is 559. The summed E-state index contributed by atoms with van der Waals surface area (Å²) in [6.45, 7) is 0. The smallest absolute Gasteiger partial charge is 0.167 e. The van der Waals surface area contributed by atoms with Crippen molar-refractivity contribution in [3.63, 3.8) is 0 Å². The lowest BCUT2D eigenvalue weighted by Gasteiger charge is -2.03. The van der Waals surface area contributed by atoms with Crippen LogP contribution in [-0.4, -0.2) is 5.78 Å². The van der Waals surface area contributed by atoms with Gasteiger partial charge in [-0.2, -0.15) is 0 Å². The fourth-order valence-corrected chi connectivity index (χ4v) is 2.33. The monoisotopic (exact) mass is 370 g/mol. The van der Waals surface area contributed by atoms with Crippen LogP contribution in [0.25, 0.3) is 0 Å². The van der Waals surface area contributed by atoms with Gasteiger partial charge >= 0.3 is 0 Å². The molecule has 0 bridgehead atoms. The van der Waals surface area contributed by atoms with Crippen LogP contribution in [0.3, 0.4) is 0 Å². The van der Waals surface area contributed by atoms with E-state index in [0.717, 1.165) is 10.0 Å². The highest BCUT2D eigenvalue weighted by Crippen LogP contribution is 2.17. The van der Waals surface area contributed by atoms with Gasteiger partial charge in [0, 0.05) is 20.9 Å². The summed E-state index contributed by atoms with van der Waals surface area (Å²) in [5.74, 6) is -0.513. The quantitative estimate of drug-likeness (QED) is 0.710. The van der Waals surface area contributed by atoms with Crippen molar-refractivity contribution in [1.29, 1.82) is 0 Å². The highest BCUT2D eigenvalue weighted by molar-refractivity contribution is 9.10. The van der Waals surface area contributed by atoms with E-state index in [1.54, 1.807) is 6.07 Å². The van der Waals surface area contributed by atoms with Gasteiger partial charge in [-0.25, -0.2) is 4.39 Å². The molecule has 0 aliphatic rings. The third-order valence-corrected chi connectivity index (χ3v) is 3.45. The summed E-state index contributed by atoms with van der Waals surface area (Å²) in [5.41, 5.74) is 1.29. The third-order valence-electron chi connectivity index (χ3n) is 2.46. The van der Waals surface area contributed by atoms with E-state index in [1.165, 1.54) is 12.1 Å². The summed E-state index contributed by atoms with van der Waals surface area (Å²) in [7, 11) is 0. The molecule has 92 valence electrons. The molecule has 2 aromatic carbocycles. The van der Waals surface area contributed by atoms with Crippen LogP contribution in [0.5, 0.6) is 0 Å². The molecule has 0 fully saturated rings. The lowest BCUT2D eigenvalue weighted by atomic mass is 10.0. The van der Waals surface area contributed by atoms with Crippen LogP contribution in [0.2, 0.25) is 0 Å². The van der Waals surface area contributed by atoms with Crippen LogP contribution in [0, 0.1) is 5.82 Å². The standard InChI is InChI=1S/C14H9Br2FO/c15-11-3-1-9(2-4-11)5-14(18)10-6-12(16)8-13(17)7-10/h1-4,6-8H,5H2. The predicted molar refractivity (Wildman–Crippen MR) is 76.3 cm³/mol. The molecule has 0 saturated heterocycles. The third kappa shape index (κ3) is 3.50. The number of hydrogen-bond donors (Lipinski definition) is 0. The zero-order valence-electron chi connectivity index (χ0n) is 9.29. The Balaban J connectivity index is 2.19. The van der Waals surface area contributed by atoms with Gasteiger partial charge in [0.15, 0.2) is 5.78 Å². The number of rotatable bonds is 3. The van der Waals surface area contributed by atoms with E-state index >= 15 is 0 Å². The molecule has 0 radical (unpaired) electrons. The van der Waals surface area contributed by atoms with Crippen LogP contribution in [0.15, 0.2) is 51.4 Å². The van der Waals surface area contributed by atoms with E-state index in [9.17, 15) is 9.18 Å². The highest BCUT2D eigenvalue weighted by atomic mass is 79.9. The van der Waals surface area contributed by atoms with Crippen LogP contribution in [0.4, 0.5) is 4.39 Å². The average molecular weight is 372 g/mol. The van der Waals surface area contributed by atoms with Crippen molar-refractivity contribution in [2.45, 2.75) is 6.42 Å². The molecule has 2 rings (SSSR count). The first-order chi connectivity index (χ1) is 8.54. The molecule has 0 atom stereocenters. The maximum absolute atomic E-state index is 13.2. The second-order valence-corrected chi connectivity index (χ2v) is 5.72. The number of carbonyl (C=O) groups is 1. The van der Waals surface area contributed by atoms with Gasteiger partial charge in [-0.05, 0) is 35.9 Å². The largest absolute Gasteiger partial charge is 0.294 e. The Morgan fingerprint density at radius 3 is 2.28 bits per heavy atom. The van der Waals surface area contributed by atoms with Gasteiger partial charge < -0.3 is 0 Å². The number of hydrogen-bond acceptors (Lipinski definition) is 1. The van der Waals surface area contributed by atoms with Crippen molar-refractivity contribution >= 4 is 37.6 Å². The Hall–Kier alpha value is -1.00. The van der Waals surface area contributed by atoms with Gasteiger partial charge in [-0.3, -0.25) is 4.79 Å². The molecule has 1 nitrogen and oxygen atoms in total. The minimum absolute atomic E-state index is 0.0995. The molecular weight excluding hydrogens is 363 g/mol. The first kappa shape index (κ1) is 13.4. The molecule has 0 saturated carbocycles. The summed E-state index contributed by atoms with van der Waals surface area (Å²) in [6, 6.07) is 11.7. The highest BCUT2D eigenvalue weighted by Gasteiger charge is 2.09. The van der Waals surface area contributed by atoms with Gasteiger partial charge in [0.1, 0.15) is 5.82 Å². The average Bonchev–Trinajstić information content (AvgIpc) is 2.31. The molecule has 0 heterocycles. The summed E-state index contributed by atoms with van der Waals surface area (Å²) in [6.07, 6.45) is 0.267. The molecule has 0 spiro atoms. The minimum atomic E-state index is -0.413. The van der Waals surface area contributed by atoms with Crippen molar-refractivity contribution in [2.75, 3.05) is 0 Å². The fraction of sp³-hybridized carbons (Fsp3) is 0.0714. The molecule has 4 heteroatoms. The molecule has 0 aromatic heterocycles. The lowest BCUT2D eigenvalue weighted by molar-refractivity contribution is 0.0992. The number of benzene rings is 2. The summed E-state index contributed by atoms with van der Waals surface area (Å²) in [5, 5.41) is 0. The van der Waals surface area contributed by atoms with E-state index in [1.807, 2.05) is 24.3 Å². The zero-order valence-corrected chi connectivity index (χ0v) is 12.5. The maximum atomic E-state index is 13.2. The number of carbonyl (C=O) groups excluding carboxylic acids is 1. The van der Waals surface area contributed by atoms with E-state index in [0.29, 0.717) is 10.0 Å². The fourth-order valence-electron chi connectivity index (χ4n) is 1.60. The first-order valence-corrected chi connectivity index (χ1v) is 6.87. The van der Waals surface area contributed by atoms with Gasteiger partial charge in [0.2, 0.25) is 0 Å². The molecule has 2 aromatic rings. The van der Waals surface area contributed by atoms with Crippen LogP contribution < -0.4 is 0 Å². The Morgan fingerprint density at radius 1 is 1.00 bits per heavy atom. The zero-order chi connectivity index (χ0) is 13.1. The second kappa shape index (κ2) is 5.76. The molecule has 0 aliphatic carbocycles. The van der Waals surface area contributed by atoms with Gasteiger partial charge in [-0.15, -0.1) is 0 Å². The minimum Gasteiger partial charge on any atom is -0.294 e. The van der Waals surface area contributed by atoms with Gasteiger partial charge in [-0.1, -0.05) is 44.0 Å². The Morgan fingerprint density at radius 2 is 1.67 bits per heavy atom. The van der Waals surface area contributed by atoms with Gasteiger partial charge in [0.25, 0.3) is 0 Å². The van der Waals surface area contributed by atoms with Gasteiger partial charge in [0.05, 0.1) is 0 Å². The topological polar surface area (TPSA) is 17.1 Å². The molecule has 18 heavy (non-hydrogen) atoms. The predicted octanol–water partition coefficient (Wildman–Crippen LogP) is 4.78. The SMILES string of the molecule is O=C(Cc1ccc(Br)cc1)c1cc(F)cc(Br)c1. The molecule has 0 amide bonds. The Kier molecular flexibility index (Phi) is 4.30. The molecule has 0 unspecified atom stereocenters. The second-order valence-electron chi connectivity index (χ2n) is 3.88. The number of Topliss-reactive ketones (excluding diaryl/α,β-unsaturated/α-hetero) is 1. The van der Waals surface area contributed by atoms with Crippen LogP contribution >= 0.6 is 31.9 Å². The number of halogens is 3. The maximum Gasteiger partial charge on any atom is 0.167 e. The first-order valence-electron chi connectivity index (χ1n) is 5.28.